The topological polar surface area (TPSA) is 94.8 Å². The van der Waals surface area contributed by atoms with E-state index in [1.54, 1.807) is 30.0 Å². The third-order valence-corrected chi connectivity index (χ3v) is 5.94. The molecule has 1 N–H and O–H groups in total. The molecular weight excluding hydrogens is 420 g/mol. The molecule has 8 heteroatoms. The fourth-order valence-electron chi connectivity index (χ4n) is 4.33. The molecule has 4 rings (SSSR count). The summed E-state index contributed by atoms with van der Waals surface area (Å²) in [6.45, 7) is 7.95. The van der Waals surface area contributed by atoms with Crippen LogP contribution < -0.4 is 14.8 Å². The van der Waals surface area contributed by atoms with Gasteiger partial charge in [-0.05, 0) is 32.4 Å². The smallest absolute Gasteiger partial charge is 0.261 e. The highest BCUT2D eigenvalue weighted by molar-refractivity contribution is 6.08. The molecule has 0 bridgehead atoms. The van der Waals surface area contributed by atoms with E-state index in [0.717, 1.165) is 30.6 Å². The van der Waals surface area contributed by atoms with Gasteiger partial charge in [0.05, 0.1) is 30.6 Å². The number of ether oxygens (including phenoxy) is 2. The zero-order valence-corrected chi connectivity index (χ0v) is 19.8. The largest absolute Gasteiger partial charge is 0.494 e. The molecule has 0 radical (unpaired) electrons. The number of anilines is 1. The molecule has 1 amide bonds. The summed E-state index contributed by atoms with van der Waals surface area (Å²) in [5, 5.41) is 7.21. The van der Waals surface area contributed by atoms with Crippen molar-refractivity contribution < 1.29 is 19.1 Å². The Kier molecular flexibility index (Phi) is 6.10. The highest BCUT2D eigenvalue weighted by Crippen LogP contribution is 2.41. The quantitative estimate of drug-likeness (QED) is 0.540. The van der Waals surface area contributed by atoms with Crippen LogP contribution in [0.1, 0.15) is 74.5 Å². The number of carbonyl (C=O) groups is 2. The van der Waals surface area contributed by atoms with Gasteiger partial charge in [0.15, 0.2) is 5.65 Å². The van der Waals surface area contributed by atoms with Crippen LogP contribution in [0.4, 0.5) is 5.69 Å². The van der Waals surface area contributed by atoms with Crippen LogP contribution in [0.3, 0.4) is 0 Å². The lowest BCUT2D eigenvalue weighted by atomic mass is 9.93. The Bertz CT molecular complexity index is 1210. The van der Waals surface area contributed by atoms with Crippen LogP contribution in [0.15, 0.2) is 30.6 Å². The van der Waals surface area contributed by atoms with Crippen molar-refractivity contribution in [2.75, 3.05) is 12.4 Å². The molecule has 3 heterocycles. The first-order valence-corrected chi connectivity index (χ1v) is 11.3. The number of hydrogen-bond donors (Lipinski definition) is 1. The van der Waals surface area contributed by atoms with Gasteiger partial charge in [0.25, 0.3) is 5.91 Å². The molecule has 1 aromatic carbocycles. The van der Waals surface area contributed by atoms with Gasteiger partial charge in [-0.25, -0.2) is 9.50 Å². The van der Waals surface area contributed by atoms with E-state index in [2.05, 4.69) is 15.4 Å². The highest BCUT2D eigenvalue weighted by Gasteiger charge is 2.31. The lowest BCUT2D eigenvalue weighted by Gasteiger charge is -2.17. The van der Waals surface area contributed by atoms with Gasteiger partial charge in [0.2, 0.25) is 0 Å². The number of ketones is 1. The number of methoxy groups -OCH3 is 1. The zero-order valence-electron chi connectivity index (χ0n) is 19.8. The number of rotatable bonds is 8. The number of hydrogen-bond acceptors (Lipinski definition) is 6. The molecule has 1 aliphatic rings. The Morgan fingerprint density at radius 1 is 1.30 bits per heavy atom. The molecule has 33 heavy (non-hydrogen) atoms. The van der Waals surface area contributed by atoms with Crippen molar-refractivity contribution in [3.8, 4) is 11.5 Å². The first kappa shape index (κ1) is 22.8. The minimum Gasteiger partial charge on any atom is -0.494 e. The van der Waals surface area contributed by atoms with Crippen molar-refractivity contribution in [3.05, 3.63) is 47.4 Å². The minimum absolute atomic E-state index is 0.146. The van der Waals surface area contributed by atoms with Gasteiger partial charge >= 0.3 is 0 Å². The number of fused-ring (bicyclic) bond motifs is 2. The van der Waals surface area contributed by atoms with E-state index in [4.69, 9.17) is 9.47 Å². The summed E-state index contributed by atoms with van der Waals surface area (Å²) >= 11 is 0. The van der Waals surface area contributed by atoms with Gasteiger partial charge in [-0.3, -0.25) is 9.59 Å². The number of nitrogens with one attached hydrogen (secondary N) is 1. The minimum atomic E-state index is -0.347. The average molecular weight is 451 g/mol. The van der Waals surface area contributed by atoms with Crippen LogP contribution in [0.25, 0.3) is 5.65 Å². The molecule has 0 aliphatic carbocycles. The maximum Gasteiger partial charge on any atom is 0.261 e. The number of aromatic nitrogens is 3. The van der Waals surface area contributed by atoms with Crippen molar-refractivity contribution in [1.82, 2.24) is 14.6 Å². The van der Waals surface area contributed by atoms with Gasteiger partial charge in [0, 0.05) is 30.7 Å². The van der Waals surface area contributed by atoms with Crippen LogP contribution in [0, 0.1) is 0 Å². The molecule has 1 aliphatic heterocycles. The van der Waals surface area contributed by atoms with E-state index in [1.807, 2.05) is 33.8 Å². The van der Waals surface area contributed by atoms with E-state index in [0.29, 0.717) is 34.8 Å². The molecule has 0 saturated carbocycles. The summed E-state index contributed by atoms with van der Waals surface area (Å²) in [5.74, 6) is 0.796. The Morgan fingerprint density at radius 2 is 2.09 bits per heavy atom. The Hall–Kier alpha value is -3.42. The fraction of sp³-hybridized carbons (Fsp3) is 0.440. The Labute approximate surface area is 193 Å². The van der Waals surface area contributed by atoms with Gasteiger partial charge in [-0.1, -0.05) is 20.3 Å². The fourth-order valence-corrected chi connectivity index (χ4v) is 4.33. The lowest BCUT2D eigenvalue weighted by Crippen LogP contribution is -2.24. The Morgan fingerprint density at radius 3 is 2.79 bits per heavy atom. The summed E-state index contributed by atoms with van der Waals surface area (Å²) in [4.78, 5) is 30.4. The van der Waals surface area contributed by atoms with Crippen LogP contribution in [0.2, 0.25) is 0 Å². The van der Waals surface area contributed by atoms with Crippen LogP contribution in [0.5, 0.6) is 11.5 Å². The van der Waals surface area contributed by atoms with Crippen LogP contribution in [-0.4, -0.2) is 39.0 Å². The van der Waals surface area contributed by atoms with Gasteiger partial charge in [-0.15, -0.1) is 0 Å². The third kappa shape index (κ3) is 4.42. The standard InChI is InChI=1S/C25H30N4O4/c1-6-8-16(20(30)7-2)18-9-10-29-23(27-18)17(14-26-29)24(31)28-19-11-15-13-25(3,4)33-21(15)12-22(19)32-5/h9-12,14,16H,6-8,13H2,1-5H3,(H,28,31). The van der Waals surface area contributed by atoms with Crippen molar-refractivity contribution in [3.63, 3.8) is 0 Å². The number of Topliss-reactive ketones (excluding diaryl/α,β-unsaturated/α-hetero) is 1. The van der Waals surface area contributed by atoms with Crippen molar-refractivity contribution >= 4 is 23.0 Å². The molecule has 174 valence electrons. The maximum atomic E-state index is 13.2. The van der Waals surface area contributed by atoms with Crippen LogP contribution in [-0.2, 0) is 11.2 Å². The predicted molar refractivity (Wildman–Crippen MR) is 125 cm³/mol. The third-order valence-electron chi connectivity index (χ3n) is 5.94. The summed E-state index contributed by atoms with van der Waals surface area (Å²) in [6, 6.07) is 5.50. The normalized spacial score (nSPS) is 15.1. The molecule has 1 atom stereocenters. The average Bonchev–Trinajstić information content (AvgIpc) is 3.34. The summed E-state index contributed by atoms with van der Waals surface area (Å²) in [7, 11) is 1.55. The van der Waals surface area contributed by atoms with Crippen molar-refractivity contribution in [2.45, 2.75) is 64.9 Å². The molecule has 0 spiro atoms. The molecule has 8 nitrogen and oxygen atoms in total. The van der Waals surface area contributed by atoms with E-state index in [1.165, 1.54) is 6.20 Å². The first-order valence-electron chi connectivity index (χ1n) is 11.3. The summed E-state index contributed by atoms with van der Waals surface area (Å²) in [5.41, 5.74) is 2.68. The first-order chi connectivity index (χ1) is 15.8. The second-order valence-corrected chi connectivity index (χ2v) is 8.99. The highest BCUT2D eigenvalue weighted by atomic mass is 16.5. The van der Waals surface area contributed by atoms with Gasteiger partial charge < -0.3 is 14.8 Å². The Balaban J connectivity index is 1.66. The molecule has 3 aromatic rings. The van der Waals surface area contributed by atoms with E-state index >= 15 is 0 Å². The predicted octanol–water partition coefficient (Wildman–Crippen LogP) is 4.57. The number of carbonyl (C=O) groups excluding carboxylic acids is 2. The molecule has 1 unspecified atom stereocenters. The molecule has 2 aromatic heterocycles. The number of benzene rings is 1. The zero-order chi connectivity index (χ0) is 23.8. The number of amides is 1. The molecule has 0 saturated heterocycles. The lowest BCUT2D eigenvalue weighted by molar-refractivity contribution is -0.120. The summed E-state index contributed by atoms with van der Waals surface area (Å²) in [6.07, 6.45) is 6.01. The second kappa shape index (κ2) is 8.84. The molecular formula is C25H30N4O4. The van der Waals surface area contributed by atoms with Gasteiger partial charge in [-0.2, -0.15) is 5.10 Å². The van der Waals surface area contributed by atoms with Crippen molar-refractivity contribution in [2.24, 2.45) is 0 Å². The molecule has 0 fully saturated rings. The van der Waals surface area contributed by atoms with Crippen LogP contribution >= 0.6 is 0 Å². The monoisotopic (exact) mass is 450 g/mol. The van der Waals surface area contributed by atoms with E-state index in [9.17, 15) is 9.59 Å². The maximum absolute atomic E-state index is 13.2. The summed E-state index contributed by atoms with van der Waals surface area (Å²) < 4.78 is 13.0. The van der Waals surface area contributed by atoms with E-state index < -0.39 is 0 Å². The van der Waals surface area contributed by atoms with E-state index in [-0.39, 0.29) is 23.2 Å². The van der Waals surface area contributed by atoms with Crippen molar-refractivity contribution in [1.29, 1.82) is 0 Å². The van der Waals surface area contributed by atoms with Gasteiger partial charge in [0.1, 0.15) is 28.4 Å². The number of nitrogens with zero attached hydrogens (tertiary/aromatic N) is 3. The SMILES string of the molecule is CCCC(C(=O)CC)c1ccn2ncc(C(=O)Nc3cc4c(cc3OC)OC(C)(C)C4)c2n1. The second-order valence-electron chi connectivity index (χ2n) is 8.99.